The van der Waals surface area contributed by atoms with Crippen molar-refractivity contribution in [1.29, 1.82) is 0 Å². The molecule has 2 heterocycles. The quantitative estimate of drug-likeness (QED) is 0.916. The first-order valence-electron chi connectivity index (χ1n) is 7.16. The summed E-state index contributed by atoms with van der Waals surface area (Å²) in [5.41, 5.74) is 6.70. The maximum Gasteiger partial charge on any atom is 0.289 e. The van der Waals surface area contributed by atoms with E-state index in [4.69, 9.17) is 10.2 Å². The molecule has 0 aliphatic carbocycles. The summed E-state index contributed by atoms with van der Waals surface area (Å²) in [5, 5.41) is 0. The molecule has 23 heavy (non-hydrogen) atoms. The van der Waals surface area contributed by atoms with Gasteiger partial charge in [-0.15, -0.1) is 24.8 Å². The van der Waals surface area contributed by atoms with E-state index < -0.39 is 0 Å². The number of benzene rings is 1. The maximum absolute atomic E-state index is 12.3. The Hall–Kier alpha value is -1.69. The molecular formula is C16H21Cl2N3O2. The van der Waals surface area contributed by atoms with Crippen LogP contribution in [0, 0.1) is 0 Å². The lowest BCUT2D eigenvalue weighted by Crippen LogP contribution is -2.48. The van der Waals surface area contributed by atoms with Crippen molar-refractivity contribution in [2.45, 2.75) is 6.54 Å². The van der Waals surface area contributed by atoms with Crippen LogP contribution in [0.3, 0.4) is 0 Å². The Balaban J connectivity index is 0.00000132. The van der Waals surface area contributed by atoms with Gasteiger partial charge < -0.3 is 20.0 Å². The van der Waals surface area contributed by atoms with E-state index >= 15 is 0 Å². The van der Waals surface area contributed by atoms with Crippen LogP contribution >= 0.6 is 24.8 Å². The second kappa shape index (κ2) is 8.82. The summed E-state index contributed by atoms with van der Waals surface area (Å²) < 4.78 is 5.43. The Morgan fingerprint density at radius 2 is 1.65 bits per heavy atom. The third-order valence-electron chi connectivity index (χ3n) is 3.76. The van der Waals surface area contributed by atoms with Gasteiger partial charge in [-0.25, -0.2) is 0 Å². The topological polar surface area (TPSA) is 62.7 Å². The summed E-state index contributed by atoms with van der Waals surface area (Å²) in [6.45, 7) is 3.38. The van der Waals surface area contributed by atoms with Gasteiger partial charge in [0.25, 0.3) is 5.91 Å². The minimum Gasteiger partial charge on any atom is -0.455 e. The standard InChI is InChI=1S/C16H19N3O2.2ClH/c17-12-14-6-7-15(21-14)16(20)19-10-8-18(9-11-19)13-4-2-1-3-5-13;;/h1-7H,8-12,17H2;2*1H. The molecule has 1 aliphatic rings. The molecule has 1 aliphatic heterocycles. The van der Waals surface area contributed by atoms with Crippen LogP contribution in [0.25, 0.3) is 0 Å². The molecule has 3 rings (SSSR count). The summed E-state index contributed by atoms with van der Waals surface area (Å²) in [6.07, 6.45) is 0. The zero-order chi connectivity index (χ0) is 14.7. The number of nitrogens with two attached hydrogens (primary N) is 1. The number of rotatable bonds is 3. The monoisotopic (exact) mass is 357 g/mol. The first-order chi connectivity index (χ1) is 10.3. The van der Waals surface area contributed by atoms with Crippen LogP contribution in [0.5, 0.6) is 0 Å². The zero-order valence-corrected chi connectivity index (χ0v) is 14.3. The molecule has 0 atom stereocenters. The Bertz CT molecular complexity index is 611. The van der Waals surface area contributed by atoms with Crippen molar-refractivity contribution >= 4 is 36.4 Å². The zero-order valence-electron chi connectivity index (χ0n) is 12.7. The van der Waals surface area contributed by atoms with E-state index in [9.17, 15) is 4.79 Å². The van der Waals surface area contributed by atoms with Gasteiger partial charge in [0.1, 0.15) is 5.76 Å². The number of piperazine rings is 1. The number of carbonyl (C=O) groups is 1. The average Bonchev–Trinajstić information content (AvgIpc) is 3.04. The number of amides is 1. The van der Waals surface area contributed by atoms with Crippen molar-refractivity contribution in [2.75, 3.05) is 31.1 Å². The van der Waals surface area contributed by atoms with Crippen LogP contribution < -0.4 is 10.6 Å². The summed E-state index contributed by atoms with van der Waals surface area (Å²) in [4.78, 5) is 16.5. The van der Waals surface area contributed by atoms with Gasteiger partial charge >= 0.3 is 0 Å². The van der Waals surface area contributed by atoms with Crippen molar-refractivity contribution in [3.63, 3.8) is 0 Å². The normalized spacial score (nSPS) is 14.0. The molecule has 0 saturated carbocycles. The molecule has 7 heteroatoms. The molecule has 1 fully saturated rings. The molecule has 0 radical (unpaired) electrons. The van der Waals surface area contributed by atoms with Crippen LogP contribution in [0.15, 0.2) is 46.9 Å². The number of anilines is 1. The van der Waals surface area contributed by atoms with Gasteiger partial charge in [-0.1, -0.05) is 18.2 Å². The largest absolute Gasteiger partial charge is 0.455 e. The van der Waals surface area contributed by atoms with E-state index in [1.54, 1.807) is 12.1 Å². The highest BCUT2D eigenvalue weighted by molar-refractivity contribution is 5.91. The second-order valence-electron chi connectivity index (χ2n) is 5.08. The first-order valence-corrected chi connectivity index (χ1v) is 7.16. The molecule has 0 spiro atoms. The van der Waals surface area contributed by atoms with Crippen molar-refractivity contribution in [2.24, 2.45) is 5.73 Å². The van der Waals surface area contributed by atoms with Crippen molar-refractivity contribution < 1.29 is 9.21 Å². The van der Waals surface area contributed by atoms with Gasteiger partial charge in [0, 0.05) is 31.9 Å². The fraction of sp³-hybridized carbons (Fsp3) is 0.312. The van der Waals surface area contributed by atoms with Gasteiger partial charge in [0.05, 0.1) is 6.54 Å². The molecule has 126 valence electrons. The smallest absolute Gasteiger partial charge is 0.289 e. The highest BCUT2D eigenvalue weighted by Crippen LogP contribution is 2.17. The van der Waals surface area contributed by atoms with Crippen LogP contribution in [0.2, 0.25) is 0 Å². The van der Waals surface area contributed by atoms with Crippen molar-refractivity contribution in [1.82, 2.24) is 4.90 Å². The lowest BCUT2D eigenvalue weighted by molar-refractivity contribution is 0.0713. The van der Waals surface area contributed by atoms with Crippen LogP contribution in [0.4, 0.5) is 5.69 Å². The first kappa shape index (κ1) is 19.4. The van der Waals surface area contributed by atoms with Crippen LogP contribution in [-0.2, 0) is 6.54 Å². The second-order valence-corrected chi connectivity index (χ2v) is 5.08. The van der Waals surface area contributed by atoms with E-state index in [2.05, 4.69) is 17.0 Å². The predicted molar refractivity (Wildman–Crippen MR) is 95.7 cm³/mol. The number of hydrogen-bond donors (Lipinski definition) is 1. The van der Waals surface area contributed by atoms with E-state index in [1.807, 2.05) is 23.1 Å². The molecule has 2 aromatic rings. The number of hydrogen-bond acceptors (Lipinski definition) is 4. The highest BCUT2D eigenvalue weighted by Gasteiger charge is 2.24. The molecule has 1 aromatic heterocycles. The average molecular weight is 358 g/mol. The predicted octanol–water partition coefficient (Wildman–Crippen LogP) is 2.54. The third kappa shape index (κ3) is 4.41. The molecular weight excluding hydrogens is 337 g/mol. The molecule has 2 N–H and O–H groups in total. The fourth-order valence-electron chi connectivity index (χ4n) is 2.56. The summed E-state index contributed by atoms with van der Waals surface area (Å²) in [6, 6.07) is 13.7. The minimum atomic E-state index is -0.0533. The molecule has 0 bridgehead atoms. The Morgan fingerprint density at radius 3 is 2.22 bits per heavy atom. The van der Waals surface area contributed by atoms with E-state index in [0.29, 0.717) is 31.2 Å². The number of nitrogens with zero attached hydrogens (tertiary/aromatic N) is 2. The van der Waals surface area contributed by atoms with E-state index in [1.165, 1.54) is 5.69 Å². The SMILES string of the molecule is Cl.Cl.NCc1ccc(C(=O)N2CCN(c3ccccc3)CC2)o1. The van der Waals surface area contributed by atoms with Crippen molar-refractivity contribution in [3.8, 4) is 0 Å². The van der Waals surface area contributed by atoms with Gasteiger partial charge in [-0.2, -0.15) is 0 Å². The fourth-order valence-corrected chi connectivity index (χ4v) is 2.56. The maximum atomic E-state index is 12.3. The molecule has 1 saturated heterocycles. The number of halogens is 2. The molecule has 1 aromatic carbocycles. The van der Waals surface area contributed by atoms with Gasteiger partial charge in [-0.3, -0.25) is 4.79 Å². The van der Waals surface area contributed by atoms with Crippen LogP contribution in [0.1, 0.15) is 16.3 Å². The Morgan fingerprint density at radius 1 is 1.00 bits per heavy atom. The summed E-state index contributed by atoms with van der Waals surface area (Å²) in [7, 11) is 0. The van der Waals surface area contributed by atoms with Crippen LogP contribution in [-0.4, -0.2) is 37.0 Å². The third-order valence-corrected chi connectivity index (χ3v) is 3.76. The number of carbonyl (C=O) groups excluding carboxylic acids is 1. The Kier molecular flexibility index (Phi) is 7.42. The number of furan rings is 1. The van der Waals surface area contributed by atoms with E-state index in [0.717, 1.165) is 13.1 Å². The molecule has 0 unspecified atom stereocenters. The summed E-state index contributed by atoms with van der Waals surface area (Å²) in [5.74, 6) is 0.965. The van der Waals surface area contributed by atoms with Gasteiger partial charge in [-0.05, 0) is 24.3 Å². The van der Waals surface area contributed by atoms with Gasteiger partial charge in [0.2, 0.25) is 0 Å². The number of para-hydroxylation sites is 1. The summed E-state index contributed by atoms with van der Waals surface area (Å²) >= 11 is 0. The minimum absolute atomic E-state index is 0. The van der Waals surface area contributed by atoms with E-state index in [-0.39, 0.29) is 30.7 Å². The molecule has 1 amide bonds. The molecule has 5 nitrogen and oxygen atoms in total. The Labute approximate surface area is 148 Å². The highest BCUT2D eigenvalue weighted by atomic mass is 35.5. The lowest BCUT2D eigenvalue weighted by Gasteiger charge is -2.35. The van der Waals surface area contributed by atoms with Gasteiger partial charge in [0.15, 0.2) is 5.76 Å². The lowest BCUT2D eigenvalue weighted by atomic mass is 10.2. The van der Waals surface area contributed by atoms with Crippen molar-refractivity contribution in [3.05, 3.63) is 54.0 Å².